The number of rotatable bonds is 5. The summed E-state index contributed by atoms with van der Waals surface area (Å²) in [7, 11) is 0. The minimum absolute atomic E-state index is 0.220. The monoisotopic (exact) mass is 535 g/mol. The number of aromatic nitrogens is 1. The van der Waals surface area contributed by atoms with Gasteiger partial charge in [0.1, 0.15) is 0 Å². The number of hydrogen-bond donors (Lipinski definition) is 5. The normalized spacial score (nSPS) is 13.7. The quantitative estimate of drug-likeness (QED) is 0.136. The number of urea groups is 1. The maximum absolute atomic E-state index is 14.3. The average Bonchev–Trinajstić information content (AvgIpc) is 3.49. The van der Waals surface area contributed by atoms with Crippen LogP contribution in [0.25, 0.3) is 11.6 Å². The van der Waals surface area contributed by atoms with Crippen molar-refractivity contribution in [2.24, 2.45) is 0 Å². The Labute approximate surface area is 219 Å². The number of alkyl halides is 3. The summed E-state index contributed by atoms with van der Waals surface area (Å²) in [5.74, 6) is -1.79. The van der Waals surface area contributed by atoms with Crippen molar-refractivity contribution >= 4 is 52.0 Å². The predicted molar refractivity (Wildman–Crippen MR) is 142 cm³/mol. The molecule has 4 aromatic rings. The smallest absolute Gasteiger partial charge is 0.362 e. The molecule has 0 aliphatic carbocycles. The number of anilines is 5. The van der Waals surface area contributed by atoms with Gasteiger partial charge in [-0.1, -0.05) is 18.2 Å². The molecule has 0 unspecified atom stereocenters. The van der Waals surface area contributed by atoms with Crippen LogP contribution in [0.5, 0.6) is 0 Å². The van der Waals surface area contributed by atoms with Gasteiger partial charge < -0.3 is 26.3 Å². The van der Waals surface area contributed by atoms with Crippen molar-refractivity contribution in [2.45, 2.75) is 13.1 Å². The summed E-state index contributed by atoms with van der Waals surface area (Å²) in [5, 5.41) is 10.7. The van der Waals surface area contributed by atoms with E-state index in [9.17, 15) is 27.2 Å². The van der Waals surface area contributed by atoms with Crippen LogP contribution in [-0.4, -0.2) is 16.9 Å². The van der Waals surface area contributed by atoms with E-state index in [1.807, 2.05) is 31.2 Å². The van der Waals surface area contributed by atoms with Crippen LogP contribution >= 0.6 is 0 Å². The summed E-state index contributed by atoms with van der Waals surface area (Å²) >= 11 is 0. The van der Waals surface area contributed by atoms with Crippen LogP contribution in [0.3, 0.4) is 0 Å². The lowest BCUT2D eigenvalue weighted by Gasteiger charge is -2.15. The van der Waals surface area contributed by atoms with Gasteiger partial charge >= 0.3 is 12.2 Å². The molecule has 0 radical (unpaired) electrons. The van der Waals surface area contributed by atoms with Crippen molar-refractivity contribution in [1.29, 1.82) is 0 Å². The number of halogens is 4. The Bertz CT molecular complexity index is 1610. The summed E-state index contributed by atoms with van der Waals surface area (Å²) in [5.41, 5.74) is 3.11. The van der Waals surface area contributed by atoms with Gasteiger partial charge in [0.05, 0.1) is 22.5 Å². The van der Waals surface area contributed by atoms with E-state index in [0.717, 1.165) is 29.0 Å². The zero-order chi connectivity index (χ0) is 27.7. The molecule has 0 atom stereocenters. The minimum atomic E-state index is -4.89. The number of aryl methyl sites for hydroxylation is 1. The summed E-state index contributed by atoms with van der Waals surface area (Å²) in [6.45, 7) is 1.84. The lowest BCUT2D eigenvalue weighted by molar-refractivity contribution is -0.139. The van der Waals surface area contributed by atoms with Gasteiger partial charge in [-0.15, -0.1) is 0 Å². The first-order valence-corrected chi connectivity index (χ1v) is 11.7. The molecule has 11 heteroatoms. The number of amides is 3. The Balaban J connectivity index is 1.31. The zero-order valence-electron chi connectivity index (χ0n) is 20.3. The Hall–Kier alpha value is -5.06. The third-order valence-corrected chi connectivity index (χ3v) is 6.05. The van der Waals surface area contributed by atoms with Crippen LogP contribution in [-0.2, 0) is 11.0 Å². The molecular formula is C28H21F4N5O2. The molecule has 7 nitrogen and oxygen atoms in total. The number of fused-ring (bicyclic) bond motifs is 1. The molecule has 0 saturated heterocycles. The lowest BCUT2D eigenvalue weighted by Crippen LogP contribution is -2.21. The molecule has 39 heavy (non-hydrogen) atoms. The molecule has 198 valence electrons. The van der Waals surface area contributed by atoms with Crippen molar-refractivity contribution < 1.29 is 27.2 Å². The molecule has 1 aromatic heterocycles. The van der Waals surface area contributed by atoms with E-state index in [4.69, 9.17) is 0 Å². The third-order valence-electron chi connectivity index (χ3n) is 6.05. The fourth-order valence-electron chi connectivity index (χ4n) is 4.13. The number of aromatic amines is 1. The zero-order valence-corrected chi connectivity index (χ0v) is 20.3. The number of hydrogen-bond acceptors (Lipinski definition) is 3. The average molecular weight is 536 g/mol. The second-order valence-electron chi connectivity index (χ2n) is 8.80. The Morgan fingerprint density at radius 2 is 1.72 bits per heavy atom. The number of benzene rings is 3. The third kappa shape index (κ3) is 5.47. The molecule has 5 rings (SSSR count). The van der Waals surface area contributed by atoms with Crippen LogP contribution in [0, 0.1) is 12.7 Å². The maximum atomic E-state index is 14.3. The van der Waals surface area contributed by atoms with Gasteiger partial charge in [0, 0.05) is 34.5 Å². The highest BCUT2D eigenvalue weighted by Gasteiger charge is 2.35. The van der Waals surface area contributed by atoms with Crippen molar-refractivity contribution in [1.82, 2.24) is 4.98 Å². The summed E-state index contributed by atoms with van der Waals surface area (Å²) in [4.78, 5) is 28.0. The van der Waals surface area contributed by atoms with Gasteiger partial charge in [0.15, 0.2) is 5.82 Å². The van der Waals surface area contributed by atoms with Crippen LogP contribution in [0.1, 0.15) is 22.4 Å². The first-order valence-electron chi connectivity index (χ1n) is 11.7. The summed E-state index contributed by atoms with van der Waals surface area (Å²) in [6, 6.07) is 15.8. The molecule has 0 saturated carbocycles. The van der Waals surface area contributed by atoms with Crippen LogP contribution in [0.15, 0.2) is 72.9 Å². The van der Waals surface area contributed by atoms with Gasteiger partial charge in [-0.2, -0.15) is 13.2 Å². The van der Waals surface area contributed by atoms with E-state index in [-0.39, 0.29) is 5.91 Å². The molecule has 0 spiro atoms. The molecule has 3 aromatic carbocycles. The van der Waals surface area contributed by atoms with E-state index in [1.54, 1.807) is 36.5 Å². The number of H-pyrrole nitrogens is 1. The molecule has 3 amide bonds. The summed E-state index contributed by atoms with van der Waals surface area (Å²) < 4.78 is 53.1. The molecule has 0 fully saturated rings. The van der Waals surface area contributed by atoms with Gasteiger partial charge in [0.25, 0.3) is 5.91 Å². The fourth-order valence-corrected chi connectivity index (χ4v) is 4.13. The van der Waals surface area contributed by atoms with E-state index in [0.29, 0.717) is 34.4 Å². The van der Waals surface area contributed by atoms with Crippen molar-refractivity contribution in [2.75, 3.05) is 21.3 Å². The second-order valence-corrected chi connectivity index (χ2v) is 8.80. The molecular weight excluding hydrogens is 514 g/mol. The van der Waals surface area contributed by atoms with Gasteiger partial charge in [-0.3, -0.25) is 4.79 Å². The van der Waals surface area contributed by atoms with E-state index in [1.165, 1.54) is 0 Å². The molecule has 0 bridgehead atoms. The Morgan fingerprint density at radius 3 is 2.46 bits per heavy atom. The van der Waals surface area contributed by atoms with E-state index < -0.39 is 29.3 Å². The van der Waals surface area contributed by atoms with E-state index in [2.05, 4.69) is 26.3 Å². The first kappa shape index (κ1) is 25.6. The summed E-state index contributed by atoms with van der Waals surface area (Å²) in [6.07, 6.45) is -1.36. The maximum Gasteiger partial charge on any atom is 0.419 e. The predicted octanol–water partition coefficient (Wildman–Crippen LogP) is 7.36. The molecule has 1 aliphatic rings. The first-order chi connectivity index (χ1) is 18.6. The van der Waals surface area contributed by atoms with E-state index >= 15 is 0 Å². The molecule has 5 N–H and O–H groups in total. The second kappa shape index (κ2) is 10.0. The van der Waals surface area contributed by atoms with Crippen molar-refractivity contribution in [3.8, 4) is 0 Å². The van der Waals surface area contributed by atoms with Gasteiger partial charge in [0.2, 0.25) is 0 Å². The number of carbonyl (C=O) groups excluding carboxylic acids is 2. The minimum Gasteiger partial charge on any atom is -0.362 e. The largest absolute Gasteiger partial charge is 0.419 e. The number of nitrogens with one attached hydrogen (secondary N) is 5. The highest BCUT2D eigenvalue weighted by molar-refractivity contribution is 6.35. The fraction of sp³-hybridized carbons (Fsp3) is 0.0714. The van der Waals surface area contributed by atoms with Crippen molar-refractivity contribution in [3.63, 3.8) is 0 Å². The molecule has 2 heterocycles. The van der Waals surface area contributed by atoms with Crippen LogP contribution in [0.2, 0.25) is 0 Å². The highest BCUT2D eigenvalue weighted by Crippen LogP contribution is 2.37. The molecule has 1 aliphatic heterocycles. The standard InChI is InChI=1S/C28H21F4N5O2/c1-15-7-8-18(35-27(39)37-22-6-2-5-21(25(22)29)28(30,31)32)13-23(15)34-17-9-10-19-20(12-16-4-3-11-33-16)26(38)36-24(19)14-17/h2-14,33-34H,1H3,(H,36,38)(H2,35,37,39)/b20-12-. The van der Waals surface area contributed by atoms with Gasteiger partial charge in [-0.25, -0.2) is 9.18 Å². The SMILES string of the molecule is Cc1ccc(NC(=O)Nc2cccc(C(F)(F)F)c2F)cc1Nc1ccc2c(c1)NC(=O)/C2=C\c1ccc[nH]1. The van der Waals surface area contributed by atoms with Crippen LogP contribution in [0.4, 0.5) is 50.8 Å². The number of carbonyl (C=O) groups is 2. The highest BCUT2D eigenvalue weighted by atomic mass is 19.4. The van der Waals surface area contributed by atoms with Crippen molar-refractivity contribution in [3.05, 3.63) is 101 Å². The lowest BCUT2D eigenvalue weighted by atomic mass is 10.1. The van der Waals surface area contributed by atoms with Crippen LogP contribution < -0.4 is 21.3 Å². The Morgan fingerprint density at radius 1 is 0.923 bits per heavy atom. The topological polar surface area (TPSA) is 98.0 Å². The van der Waals surface area contributed by atoms with Gasteiger partial charge in [-0.05, 0) is 67.1 Å². The Kier molecular flexibility index (Phi) is 6.57.